The van der Waals surface area contributed by atoms with Gasteiger partial charge in [-0.2, -0.15) is 4.89 Å². The summed E-state index contributed by atoms with van der Waals surface area (Å²) in [7, 11) is 1.39. The van der Waals surface area contributed by atoms with Gasteiger partial charge in [-0.1, -0.05) is 22.0 Å². The summed E-state index contributed by atoms with van der Waals surface area (Å²) in [6.45, 7) is 0. The predicted molar refractivity (Wildman–Crippen MR) is 67.4 cm³/mol. The number of hydrogen-bond acceptors (Lipinski definition) is 3. The van der Waals surface area contributed by atoms with Gasteiger partial charge in [-0.05, 0) is 18.2 Å². The lowest BCUT2D eigenvalue weighted by molar-refractivity contribution is -0.178. The van der Waals surface area contributed by atoms with Crippen LogP contribution in [0.15, 0.2) is 51.9 Å². The van der Waals surface area contributed by atoms with Crippen molar-refractivity contribution < 1.29 is 9.78 Å². The fourth-order valence-electron chi connectivity index (χ4n) is 1.45. The van der Waals surface area contributed by atoms with Crippen LogP contribution in [0.1, 0.15) is 0 Å². The molecule has 0 unspecified atom stereocenters. The van der Waals surface area contributed by atoms with Crippen LogP contribution >= 0.6 is 15.9 Å². The summed E-state index contributed by atoms with van der Waals surface area (Å²) in [5.74, 6) is 0.378. The molecular weight excluding hydrogens is 286 g/mol. The van der Waals surface area contributed by atoms with Crippen molar-refractivity contribution in [2.45, 2.75) is 0 Å². The molecule has 5 heteroatoms. The van der Waals surface area contributed by atoms with Gasteiger partial charge in [-0.25, -0.2) is 0 Å². The highest BCUT2D eigenvalue weighted by molar-refractivity contribution is 9.10. The van der Waals surface area contributed by atoms with Gasteiger partial charge in [0.15, 0.2) is 5.75 Å². The second-order valence-electron chi connectivity index (χ2n) is 3.30. The van der Waals surface area contributed by atoms with Crippen LogP contribution in [0, 0.1) is 0 Å². The first-order valence-corrected chi connectivity index (χ1v) is 5.69. The van der Waals surface area contributed by atoms with Crippen LogP contribution < -0.4 is 10.4 Å². The average Bonchev–Trinajstić information content (AvgIpc) is 2.29. The maximum Gasteiger partial charge on any atom is 0.258 e. The molecule has 0 radical (unpaired) electrons. The van der Waals surface area contributed by atoms with E-state index in [2.05, 4.69) is 20.8 Å². The summed E-state index contributed by atoms with van der Waals surface area (Å²) in [4.78, 5) is 21.1. The Morgan fingerprint density at radius 1 is 1.24 bits per heavy atom. The molecule has 0 aliphatic heterocycles. The molecular formula is C12H10BrNO3. The first-order valence-electron chi connectivity index (χ1n) is 4.90. The summed E-state index contributed by atoms with van der Waals surface area (Å²) in [6, 6.07) is 10.5. The van der Waals surface area contributed by atoms with Crippen LogP contribution in [0.4, 0.5) is 0 Å². The van der Waals surface area contributed by atoms with Crippen LogP contribution in [0.25, 0.3) is 5.69 Å². The second kappa shape index (κ2) is 5.16. The van der Waals surface area contributed by atoms with E-state index in [1.807, 2.05) is 24.3 Å². The number of halogens is 1. The zero-order valence-corrected chi connectivity index (χ0v) is 10.7. The monoisotopic (exact) mass is 295 g/mol. The van der Waals surface area contributed by atoms with Crippen molar-refractivity contribution >= 4 is 15.9 Å². The van der Waals surface area contributed by atoms with Gasteiger partial charge in [-0.3, -0.25) is 9.36 Å². The molecule has 88 valence electrons. The summed E-state index contributed by atoms with van der Waals surface area (Å²) in [6.07, 6.45) is 1.64. The Labute approximate surface area is 106 Å². The highest BCUT2D eigenvalue weighted by atomic mass is 79.9. The van der Waals surface area contributed by atoms with Crippen molar-refractivity contribution in [1.82, 2.24) is 4.57 Å². The molecule has 0 aliphatic carbocycles. The molecule has 0 saturated carbocycles. The molecule has 1 heterocycles. The van der Waals surface area contributed by atoms with Crippen molar-refractivity contribution in [1.29, 1.82) is 0 Å². The first kappa shape index (κ1) is 11.9. The first-order chi connectivity index (χ1) is 8.20. The summed E-state index contributed by atoms with van der Waals surface area (Å²) in [5.41, 5.74) is 0.603. The lowest BCUT2D eigenvalue weighted by Gasteiger charge is -2.07. The van der Waals surface area contributed by atoms with E-state index in [1.165, 1.54) is 17.7 Å². The van der Waals surface area contributed by atoms with Gasteiger partial charge < -0.3 is 4.89 Å². The van der Waals surface area contributed by atoms with Crippen LogP contribution in [-0.2, 0) is 4.89 Å². The minimum Gasteiger partial charge on any atom is -0.338 e. The SMILES string of the molecule is COOc1ccn(-c2cccc(Br)c2)c(=O)c1. The van der Waals surface area contributed by atoms with E-state index in [0.717, 1.165) is 10.2 Å². The average molecular weight is 296 g/mol. The molecule has 0 bridgehead atoms. The van der Waals surface area contributed by atoms with E-state index >= 15 is 0 Å². The number of pyridine rings is 1. The molecule has 17 heavy (non-hydrogen) atoms. The van der Waals surface area contributed by atoms with Gasteiger partial charge in [0, 0.05) is 22.4 Å². The minimum atomic E-state index is -0.183. The van der Waals surface area contributed by atoms with Crippen LogP contribution in [-0.4, -0.2) is 11.7 Å². The summed E-state index contributed by atoms with van der Waals surface area (Å²) in [5, 5.41) is 0. The normalized spacial score (nSPS) is 10.2. The zero-order chi connectivity index (χ0) is 12.3. The van der Waals surface area contributed by atoms with E-state index in [4.69, 9.17) is 4.89 Å². The van der Waals surface area contributed by atoms with E-state index in [1.54, 1.807) is 12.3 Å². The molecule has 4 nitrogen and oxygen atoms in total. The maximum absolute atomic E-state index is 11.8. The van der Waals surface area contributed by atoms with E-state index < -0.39 is 0 Å². The van der Waals surface area contributed by atoms with E-state index in [-0.39, 0.29) is 5.56 Å². The number of hydrogen-bond donors (Lipinski definition) is 0. The van der Waals surface area contributed by atoms with Crippen molar-refractivity contribution in [2.24, 2.45) is 0 Å². The molecule has 0 amide bonds. The fourth-order valence-corrected chi connectivity index (χ4v) is 1.84. The lowest BCUT2D eigenvalue weighted by Crippen LogP contribution is -2.16. The summed E-state index contributed by atoms with van der Waals surface area (Å²) >= 11 is 3.36. The Balaban J connectivity index is 2.43. The van der Waals surface area contributed by atoms with E-state index in [0.29, 0.717) is 5.75 Å². The number of aromatic nitrogens is 1. The third-order valence-electron chi connectivity index (χ3n) is 2.16. The van der Waals surface area contributed by atoms with Crippen molar-refractivity contribution in [3.8, 4) is 11.4 Å². The Kier molecular flexibility index (Phi) is 3.61. The number of benzene rings is 1. The minimum absolute atomic E-state index is 0.183. The molecule has 0 aliphatic rings. The highest BCUT2D eigenvalue weighted by Crippen LogP contribution is 2.15. The van der Waals surface area contributed by atoms with Crippen LogP contribution in [0.2, 0.25) is 0 Å². The Bertz CT molecular complexity index is 580. The van der Waals surface area contributed by atoms with Gasteiger partial charge in [0.2, 0.25) is 0 Å². The molecule has 2 rings (SSSR count). The van der Waals surface area contributed by atoms with Crippen molar-refractivity contribution in [3.05, 3.63) is 57.4 Å². The molecule has 0 atom stereocenters. The molecule has 2 aromatic rings. The fraction of sp³-hybridized carbons (Fsp3) is 0.0833. The summed E-state index contributed by atoms with van der Waals surface area (Å²) < 4.78 is 2.44. The Morgan fingerprint density at radius 3 is 2.71 bits per heavy atom. The largest absolute Gasteiger partial charge is 0.338 e. The smallest absolute Gasteiger partial charge is 0.258 e. The van der Waals surface area contributed by atoms with Crippen molar-refractivity contribution in [3.63, 3.8) is 0 Å². The van der Waals surface area contributed by atoms with Crippen molar-refractivity contribution in [2.75, 3.05) is 7.11 Å². The standard InChI is InChI=1S/C12H10BrNO3/c1-16-17-11-5-6-14(12(15)8-11)10-4-2-3-9(13)7-10/h2-8H,1H3. The zero-order valence-electron chi connectivity index (χ0n) is 9.09. The third-order valence-corrected chi connectivity index (χ3v) is 2.65. The van der Waals surface area contributed by atoms with Crippen LogP contribution in [0.3, 0.4) is 0 Å². The van der Waals surface area contributed by atoms with Gasteiger partial charge >= 0.3 is 0 Å². The lowest BCUT2D eigenvalue weighted by atomic mass is 10.3. The quantitative estimate of drug-likeness (QED) is 0.645. The van der Waals surface area contributed by atoms with Gasteiger partial charge in [-0.15, -0.1) is 0 Å². The third kappa shape index (κ3) is 2.75. The molecule has 1 aromatic heterocycles. The highest BCUT2D eigenvalue weighted by Gasteiger charge is 2.02. The molecule has 1 aromatic carbocycles. The van der Waals surface area contributed by atoms with Gasteiger partial charge in [0.1, 0.15) is 0 Å². The number of nitrogens with zero attached hydrogens (tertiary/aromatic N) is 1. The molecule has 0 N–H and O–H groups in total. The molecule has 0 fully saturated rings. The Morgan fingerprint density at radius 2 is 2.06 bits per heavy atom. The predicted octanol–water partition coefficient (Wildman–Crippen LogP) is 2.54. The molecule has 0 saturated heterocycles. The Hall–Kier alpha value is -1.59. The molecule has 0 spiro atoms. The van der Waals surface area contributed by atoms with E-state index in [9.17, 15) is 4.79 Å². The second-order valence-corrected chi connectivity index (χ2v) is 4.22. The van der Waals surface area contributed by atoms with Gasteiger partial charge in [0.25, 0.3) is 5.56 Å². The van der Waals surface area contributed by atoms with Gasteiger partial charge in [0.05, 0.1) is 13.2 Å². The maximum atomic E-state index is 11.8. The topological polar surface area (TPSA) is 40.5 Å². The number of rotatable bonds is 3. The van der Waals surface area contributed by atoms with Crippen LogP contribution in [0.5, 0.6) is 5.75 Å².